The molecule has 1 N–H and O–H groups in total. The van der Waals surface area contributed by atoms with Crippen molar-refractivity contribution in [2.24, 2.45) is 0 Å². The van der Waals surface area contributed by atoms with E-state index in [4.69, 9.17) is 0 Å². The SMILES string of the molecule is C[C@@H](NCc1ccsc1)c1ccccc1F. The summed E-state index contributed by atoms with van der Waals surface area (Å²) in [6, 6.07) is 9.00. The average molecular weight is 235 g/mol. The van der Waals surface area contributed by atoms with E-state index in [2.05, 4.69) is 16.8 Å². The van der Waals surface area contributed by atoms with E-state index in [1.807, 2.05) is 24.4 Å². The summed E-state index contributed by atoms with van der Waals surface area (Å²) in [5.74, 6) is -0.146. The third-order valence-corrected chi connectivity index (χ3v) is 3.30. The highest BCUT2D eigenvalue weighted by Crippen LogP contribution is 2.17. The van der Waals surface area contributed by atoms with E-state index >= 15 is 0 Å². The summed E-state index contributed by atoms with van der Waals surface area (Å²) < 4.78 is 13.5. The first-order chi connectivity index (χ1) is 7.77. The minimum Gasteiger partial charge on any atom is -0.306 e. The smallest absolute Gasteiger partial charge is 0.127 e. The van der Waals surface area contributed by atoms with Gasteiger partial charge in [0.1, 0.15) is 5.82 Å². The fourth-order valence-corrected chi connectivity index (χ4v) is 2.27. The Balaban J connectivity index is 1.98. The fourth-order valence-electron chi connectivity index (χ4n) is 1.60. The van der Waals surface area contributed by atoms with Gasteiger partial charge in [-0.05, 0) is 35.4 Å². The van der Waals surface area contributed by atoms with Gasteiger partial charge in [-0.3, -0.25) is 0 Å². The van der Waals surface area contributed by atoms with Gasteiger partial charge in [0, 0.05) is 18.2 Å². The molecule has 1 aromatic carbocycles. The van der Waals surface area contributed by atoms with Gasteiger partial charge in [-0.15, -0.1) is 0 Å². The van der Waals surface area contributed by atoms with E-state index in [0.717, 1.165) is 12.1 Å². The fraction of sp³-hybridized carbons (Fsp3) is 0.231. The Morgan fingerprint density at radius 3 is 2.81 bits per heavy atom. The molecule has 2 rings (SSSR count). The molecule has 0 aliphatic carbocycles. The number of hydrogen-bond donors (Lipinski definition) is 1. The summed E-state index contributed by atoms with van der Waals surface area (Å²) in [5.41, 5.74) is 1.96. The van der Waals surface area contributed by atoms with Gasteiger partial charge in [0.2, 0.25) is 0 Å². The molecule has 1 heterocycles. The van der Waals surface area contributed by atoms with Crippen molar-refractivity contribution in [1.29, 1.82) is 0 Å². The molecule has 0 aliphatic rings. The van der Waals surface area contributed by atoms with Crippen molar-refractivity contribution in [3.63, 3.8) is 0 Å². The number of hydrogen-bond acceptors (Lipinski definition) is 2. The monoisotopic (exact) mass is 235 g/mol. The highest BCUT2D eigenvalue weighted by atomic mass is 32.1. The Labute approximate surface area is 98.9 Å². The molecule has 0 saturated carbocycles. The molecule has 1 aromatic heterocycles. The average Bonchev–Trinajstić information content (AvgIpc) is 2.79. The van der Waals surface area contributed by atoms with Crippen molar-refractivity contribution in [1.82, 2.24) is 5.32 Å². The second kappa shape index (κ2) is 5.23. The zero-order valence-electron chi connectivity index (χ0n) is 9.11. The molecular weight excluding hydrogens is 221 g/mol. The lowest BCUT2D eigenvalue weighted by atomic mass is 10.1. The zero-order chi connectivity index (χ0) is 11.4. The minimum atomic E-state index is -0.146. The molecule has 16 heavy (non-hydrogen) atoms. The van der Waals surface area contributed by atoms with Gasteiger partial charge in [0.25, 0.3) is 0 Å². The lowest BCUT2D eigenvalue weighted by molar-refractivity contribution is 0.528. The van der Waals surface area contributed by atoms with Gasteiger partial charge >= 0.3 is 0 Å². The summed E-state index contributed by atoms with van der Waals surface area (Å²) in [7, 11) is 0. The first kappa shape index (κ1) is 11.3. The summed E-state index contributed by atoms with van der Waals surface area (Å²) in [6.07, 6.45) is 0. The number of thiophene rings is 1. The van der Waals surface area contributed by atoms with Gasteiger partial charge in [-0.1, -0.05) is 18.2 Å². The predicted molar refractivity (Wildman–Crippen MR) is 66.0 cm³/mol. The normalized spacial score (nSPS) is 12.6. The van der Waals surface area contributed by atoms with E-state index in [1.54, 1.807) is 17.4 Å². The van der Waals surface area contributed by atoms with Gasteiger partial charge in [0.15, 0.2) is 0 Å². The van der Waals surface area contributed by atoms with Gasteiger partial charge in [0.05, 0.1) is 0 Å². The quantitative estimate of drug-likeness (QED) is 0.851. The van der Waals surface area contributed by atoms with Crippen molar-refractivity contribution in [3.8, 4) is 0 Å². The maximum Gasteiger partial charge on any atom is 0.127 e. The molecule has 0 radical (unpaired) electrons. The van der Waals surface area contributed by atoms with Crippen LogP contribution in [-0.2, 0) is 6.54 Å². The second-order valence-corrected chi connectivity index (χ2v) is 4.54. The Morgan fingerprint density at radius 2 is 2.12 bits per heavy atom. The Morgan fingerprint density at radius 1 is 1.31 bits per heavy atom. The molecule has 1 nitrogen and oxygen atoms in total. The summed E-state index contributed by atoms with van der Waals surface area (Å²) in [5, 5.41) is 7.45. The van der Waals surface area contributed by atoms with E-state index in [-0.39, 0.29) is 11.9 Å². The molecule has 0 unspecified atom stereocenters. The first-order valence-electron chi connectivity index (χ1n) is 5.26. The molecule has 0 bridgehead atoms. The number of benzene rings is 1. The van der Waals surface area contributed by atoms with Crippen molar-refractivity contribution in [2.75, 3.05) is 0 Å². The predicted octanol–water partition coefficient (Wildman–Crippen LogP) is 3.74. The topological polar surface area (TPSA) is 12.0 Å². The van der Waals surface area contributed by atoms with Crippen LogP contribution in [0.3, 0.4) is 0 Å². The lowest BCUT2D eigenvalue weighted by Gasteiger charge is -2.14. The summed E-state index contributed by atoms with van der Waals surface area (Å²) >= 11 is 1.68. The molecule has 0 amide bonds. The van der Waals surface area contributed by atoms with Gasteiger partial charge in [-0.25, -0.2) is 4.39 Å². The van der Waals surface area contributed by atoms with Crippen molar-refractivity contribution >= 4 is 11.3 Å². The molecule has 0 fully saturated rings. The van der Waals surface area contributed by atoms with Crippen molar-refractivity contribution in [2.45, 2.75) is 19.5 Å². The molecular formula is C13H14FNS. The summed E-state index contributed by atoms with van der Waals surface area (Å²) in [4.78, 5) is 0. The van der Waals surface area contributed by atoms with E-state index in [1.165, 1.54) is 11.6 Å². The van der Waals surface area contributed by atoms with Crippen LogP contribution < -0.4 is 5.32 Å². The number of nitrogens with one attached hydrogen (secondary N) is 1. The summed E-state index contributed by atoms with van der Waals surface area (Å²) in [6.45, 7) is 2.75. The van der Waals surface area contributed by atoms with Crippen LogP contribution >= 0.6 is 11.3 Å². The molecule has 3 heteroatoms. The first-order valence-corrected chi connectivity index (χ1v) is 6.20. The van der Waals surface area contributed by atoms with Crippen LogP contribution in [0.1, 0.15) is 24.1 Å². The molecule has 2 aromatic rings. The zero-order valence-corrected chi connectivity index (χ0v) is 9.93. The van der Waals surface area contributed by atoms with Crippen LogP contribution in [0.25, 0.3) is 0 Å². The standard InChI is InChI=1S/C13H14FNS/c1-10(12-4-2-3-5-13(12)14)15-8-11-6-7-16-9-11/h2-7,9-10,15H,8H2,1H3/t10-/m1/s1. The van der Waals surface area contributed by atoms with Crippen LogP contribution in [0.4, 0.5) is 4.39 Å². The van der Waals surface area contributed by atoms with Crippen molar-refractivity contribution < 1.29 is 4.39 Å². The minimum absolute atomic E-state index is 0.0288. The second-order valence-electron chi connectivity index (χ2n) is 3.76. The van der Waals surface area contributed by atoms with Crippen LogP contribution in [0.2, 0.25) is 0 Å². The molecule has 84 valence electrons. The maximum absolute atomic E-state index is 13.5. The highest BCUT2D eigenvalue weighted by molar-refractivity contribution is 7.07. The number of rotatable bonds is 4. The van der Waals surface area contributed by atoms with Crippen molar-refractivity contribution in [3.05, 3.63) is 58.0 Å². The molecule has 0 saturated heterocycles. The molecule has 0 aliphatic heterocycles. The Hall–Kier alpha value is -1.19. The lowest BCUT2D eigenvalue weighted by Crippen LogP contribution is -2.18. The van der Waals surface area contributed by atoms with E-state index in [9.17, 15) is 4.39 Å². The molecule has 1 atom stereocenters. The highest BCUT2D eigenvalue weighted by Gasteiger charge is 2.09. The van der Waals surface area contributed by atoms with Crippen LogP contribution in [0.15, 0.2) is 41.1 Å². The molecule has 0 spiro atoms. The Bertz CT molecular complexity index is 439. The number of halogens is 1. The van der Waals surface area contributed by atoms with Crippen LogP contribution in [0, 0.1) is 5.82 Å². The Kier molecular flexibility index (Phi) is 3.70. The largest absolute Gasteiger partial charge is 0.306 e. The third-order valence-electron chi connectivity index (χ3n) is 2.56. The van der Waals surface area contributed by atoms with E-state index < -0.39 is 0 Å². The maximum atomic E-state index is 13.5. The van der Waals surface area contributed by atoms with Gasteiger partial charge in [-0.2, -0.15) is 11.3 Å². The van der Waals surface area contributed by atoms with Gasteiger partial charge < -0.3 is 5.32 Å². The third kappa shape index (κ3) is 2.68. The van der Waals surface area contributed by atoms with E-state index in [0.29, 0.717) is 0 Å². The van der Waals surface area contributed by atoms with Crippen LogP contribution in [0.5, 0.6) is 0 Å². The van der Waals surface area contributed by atoms with Crippen LogP contribution in [-0.4, -0.2) is 0 Å².